The molecule has 1 aromatic carbocycles. The highest BCUT2D eigenvalue weighted by molar-refractivity contribution is 5.79. The van der Waals surface area contributed by atoms with Crippen molar-refractivity contribution in [2.24, 2.45) is 5.92 Å². The number of imidazole rings is 1. The molecule has 1 saturated carbocycles. The van der Waals surface area contributed by atoms with Crippen molar-refractivity contribution in [3.05, 3.63) is 70.2 Å². The summed E-state index contributed by atoms with van der Waals surface area (Å²) in [7, 11) is 0. The molecule has 3 aromatic heterocycles. The average Bonchev–Trinajstić information content (AvgIpc) is 3.53. The molecule has 0 unspecified atom stereocenters. The van der Waals surface area contributed by atoms with E-state index in [2.05, 4.69) is 63.7 Å². The van der Waals surface area contributed by atoms with Crippen molar-refractivity contribution >= 4 is 0 Å². The summed E-state index contributed by atoms with van der Waals surface area (Å²) in [5.74, 6) is 1.35. The third kappa shape index (κ3) is 5.03. The first kappa shape index (κ1) is 24.2. The lowest BCUT2D eigenvalue weighted by Crippen LogP contribution is -2.27. The molecule has 3 heterocycles. The number of nitrogens with zero attached hydrogens (tertiary/aromatic N) is 6. The quantitative estimate of drug-likeness (QED) is 0.353. The fourth-order valence-corrected chi connectivity index (χ4v) is 5.60. The minimum Gasteiger partial charge on any atom is -0.296 e. The highest BCUT2D eigenvalue weighted by Crippen LogP contribution is 2.29. The number of H-pyrrole nitrogens is 1. The first-order chi connectivity index (χ1) is 17.7. The first-order valence-electron chi connectivity index (χ1n) is 13.2. The fourth-order valence-electron chi connectivity index (χ4n) is 5.60. The fraction of sp³-hybridized carbons (Fsp3) is 0.464. The maximum absolute atomic E-state index is 13.5. The van der Waals surface area contributed by atoms with Crippen LogP contribution in [-0.4, -0.2) is 34.7 Å². The first-order valence-corrected chi connectivity index (χ1v) is 13.2. The van der Waals surface area contributed by atoms with Gasteiger partial charge < -0.3 is 0 Å². The number of pyridine rings is 1. The number of nitrogens with one attached hydrogen (secondary N) is 1. The minimum absolute atomic E-state index is 0.130. The van der Waals surface area contributed by atoms with E-state index < -0.39 is 0 Å². The summed E-state index contributed by atoms with van der Waals surface area (Å²) in [5, 5.41) is 14.2. The zero-order chi connectivity index (χ0) is 24.9. The SMILES string of the molecule is CCCc1c(C)n(CCC2CCCCC2)c(=O)n1Cc1ccc(-c2ccncc2-c2nnn[nH]2)cc1. The molecule has 1 aliphatic rings. The molecule has 4 aromatic rings. The van der Waals surface area contributed by atoms with Crippen LogP contribution >= 0.6 is 0 Å². The summed E-state index contributed by atoms with van der Waals surface area (Å²) < 4.78 is 4.02. The van der Waals surface area contributed by atoms with Gasteiger partial charge in [-0.2, -0.15) is 0 Å². The van der Waals surface area contributed by atoms with Gasteiger partial charge in [0.15, 0.2) is 5.82 Å². The lowest BCUT2D eigenvalue weighted by atomic mass is 9.87. The predicted octanol–water partition coefficient (Wildman–Crippen LogP) is 5.17. The number of tetrazole rings is 1. The second-order valence-electron chi connectivity index (χ2n) is 9.96. The molecule has 0 radical (unpaired) electrons. The Morgan fingerprint density at radius 2 is 1.83 bits per heavy atom. The summed E-state index contributed by atoms with van der Waals surface area (Å²) in [6, 6.07) is 10.4. The van der Waals surface area contributed by atoms with Crippen molar-refractivity contribution in [1.82, 2.24) is 34.7 Å². The summed E-state index contributed by atoms with van der Waals surface area (Å²) in [6.07, 6.45) is 13.3. The molecule has 188 valence electrons. The zero-order valence-electron chi connectivity index (χ0n) is 21.3. The maximum atomic E-state index is 13.5. The summed E-state index contributed by atoms with van der Waals surface area (Å²) in [5.41, 5.74) is 6.45. The third-order valence-corrected chi connectivity index (χ3v) is 7.61. The van der Waals surface area contributed by atoms with Crippen LogP contribution in [0.15, 0.2) is 47.5 Å². The van der Waals surface area contributed by atoms with E-state index in [-0.39, 0.29) is 5.69 Å². The molecule has 5 rings (SSSR count). The number of rotatable bonds is 9. The van der Waals surface area contributed by atoms with Crippen molar-refractivity contribution in [2.45, 2.75) is 78.3 Å². The smallest absolute Gasteiger partial charge is 0.296 e. The van der Waals surface area contributed by atoms with E-state index in [0.29, 0.717) is 12.4 Å². The van der Waals surface area contributed by atoms with Crippen molar-refractivity contribution in [3.63, 3.8) is 0 Å². The summed E-state index contributed by atoms with van der Waals surface area (Å²) >= 11 is 0. The Labute approximate surface area is 211 Å². The van der Waals surface area contributed by atoms with Crippen molar-refractivity contribution in [1.29, 1.82) is 0 Å². The summed E-state index contributed by atoms with van der Waals surface area (Å²) in [4.78, 5) is 17.8. The Morgan fingerprint density at radius 3 is 2.56 bits per heavy atom. The molecule has 8 nitrogen and oxygen atoms in total. The lowest BCUT2D eigenvalue weighted by molar-refractivity contribution is 0.321. The molecule has 1 fully saturated rings. The summed E-state index contributed by atoms with van der Waals surface area (Å²) in [6.45, 7) is 5.72. The van der Waals surface area contributed by atoms with Gasteiger partial charge in [-0.1, -0.05) is 69.7 Å². The number of hydrogen-bond donors (Lipinski definition) is 1. The molecule has 0 aliphatic heterocycles. The van der Waals surface area contributed by atoms with E-state index in [1.54, 1.807) is 12.4 Å². The standard InChI is InChI=1S/C28H35N7O/c1-3-7-26-20(2)34(17-15-21-8-5-4-6-9-21)28(36)35(26)19-22-10-12-23(13-11-22)24-14-16-29-18-25(24)27-30-32-33-31-27/h10-14,16,18,21H,3-9,15,17,19H2,1-2H3,(H,30,31,32,33). The van der Waals surface area contributed by atoms with Crippen LogP contribution in [0, 0.1) is 12.8 Å². The van der Waals surface area contributed by atoms with E-state index in [0.717, 1.165) is 59.7 Å². The van der Waals surface area contributed by atoms with Crippen LogP contribution in [-0.2, 0) is 19.5 Å². The molecule has 36 heavy (non-hydrogen) atoms. The topological polar surface area (TPSA) is 94.3 Å². The Hall–Kier alpha value is -3.55. The van der Waals surface area contributed by atoms with Gasteiger partial charge in [-0.25, -0.2) is 9.89 Å². The van der Waals surface area contributed by atoms with Gasteiger partial charge in [0, 0.05) is 35.9 Å². The number of hydrogen-bond acceptors (Lipinski definition) is 5. The number of aromatic amines is 1. The zero-order valence-corrected chi connectivity index (χ0v) is 21.3. The molecule has 1 N–H and O–H groups in total. The molecular formula is C28H35N7O. The van der Waals surface area contributed by atoms with Gasteiger partial charge in [-0.3, -0.25) is 14.1 Å². The van der Waals surface area contributed by atoms with Crippen LogP contribution in [0.3, 0.4) is 0 Å². The Bertz CT molecular complexity index is 1330. The van der Waals surface area contributed by atoms with Gasteiger partial charge in [0.05, 0.1) is 6.54 Å². The van der Waals surface area contributed by atoms with E-state index in [4.69, 9.17) is 0 Å². The van der Waals surface area contributed by atoms with Gasteiger partial charge in [0.2, 0.25) is 0 Å². The number of benzene rings is 1. The van der Waals surface area contributed by atoms with Gasteiger partial charge >= 0.3 is 5.69 Å². The van der Waals surface area contributed by atoms with E-state index >= 15 is 0 Å². The average molecular weight is 486 g/mol. The van der Waals surface area contributed by atoms with Gasteiger partial charge in [-0.15, -0.1) is 5.10 Å². The molecule has 0 amide bonds. The molecule has 0 atom stereocenters. The molecule has 0 bridgehead atoms. The largest absolute Gasteiger partial charge is 0.328 e. The minimum atomic E-state index is 0.130. The molecule has 1 aliphatic carbocycles. The highest BCUT2D eigenvalue weighted by atomic mass is 16.1. The van der Waals surface area contributed by atoms with Gasteiger partial charge in [0.25, 0.3) is 0 Å². The molecule has 8 heteroatoms. The van der Waals surface area contributed by atoms with Crippen molar-refractivity contribution in [3.8, 4) is 22.5 Å². The van der Waals surface area contributed by atoms with E-state index in [9.17, 15) is 4.79 Å². The van der Waals surface area contributed by atoms with Crippen LogP contribution in [0.4, 0.5) is 0 Å². The normalized spacial score (nSPS) is 14.4. The molecule has 0 saturated heterocycles. The van der Waals surface area contributed by atoms with Crippen LogP contribution in [0.25, 0.3) is 22.5 Å². The maximum Gasteiger partial charge on any atom is 0.328 e. The van der Waals surface area contributed by atoms with Crippen LogP contribution in [0.1, 0.15) is 68.8 Å². The van der Waals surface area contributed by atoms with Crippen molar-refractivity contribution in [2.75, 3.05) is 0 Å². The highest BCUT2D eigenvalue weighted by Gasteiger charge is 2.19. The predicted molar refractivity (Wildman–Crippen MR) is 141 cm³/mol. The van der Waals surface area contributed by atoms with Gasteiger partial charge in [0.1, 0.15) is 0 Å². The van der Waals surface area contributed by atoms with Crippen LogP contribution < -0.4 is 5.69 Å². The monoisotopic (exact) mass is 485 g/mol. The Kier molecular flexibility index (Phi) is 7.39. The Morgan fingerprint density at radius 1 is 1.03 bits per heavy atom. The van der Waals surface area contributed by atoms with Crippen LogP contribution in [0.2, 0.25) is 0 Å². The second-order valence-corrected chi connectivity index (χ2v) is 9.96. The van der Waals surface area contributed by atoms with Crippen LogP contribution in [0.5, 0.6) is 0 Å². The molecular weight excluding hydrogens is 450 g/mol. The lowest BCUT2D eigenvalue weighted by Gasteiger charge is -2.21. The third-order valence-electron chi connectivity index (χ3n) is 7.61. The van der Waals surface area contributed by atoms with E-state index in [1.807, 2.05) is 15.2 Å². The van der Waals surface area contributed by atoms with Crippen molar-refractivity contribution < 1.29 is 0 Å². The molecule has 0 spiro atoms. The van der Waals surface area contributed by atoms with E-state index in [1.165, 1.54) is 37.8 Å². The van der Waals surface area contributed by atoms with Gasteiger partial charge in [-0.05, 0) is 58.9 Å². The second kappa shape index (κ2) is 11.0. The number of aromatic nitrogens is 7. The Balaban J connectivity index is 1.38.